The van der Waals surface area contributed by atoms with Crippen molar-refractivity contribution in [2.45, 2.75) is 73.3 Å². The molecule has 0 atom stereocenters. The van der Waals surface area contributed by atoms with Crippen molar-refractivity contribution in [1.82, 2.24) is 20.2 Å². The maximum absolute atomic E-state index is 13.7. The quantitative estimate of drug-likeness (QED) is 0.289. The third-order valence-electron chi connectivity index (χ3n) is 10.1. The topological polar surface area (TPSA) is 110 Å². The number of nitrogens with one attached hydrogen (secondary N) is 3. The van der Waals surface area contributed by atoms with Crippen molar-refractivity contribution in [3.63, 3.8) is 0 Å². The van der Waals surface area contributed by atoms with Crippen molar-refractivity contribution in [2.75, 3.05) is 42.9 Å². The van der Waals surface area contributed by atoms with E-state index in [9.17, 15) is 14.4 Å². The largest absolute Gasteiger partial charge is 0.354 e. The molecule has 2 saturated carbocycles. The van der Waals surface area contributed by atoms with Crippen molar-refractivity contribution in [3.8, 4) is 11.1 Å². The first kappa shape index (κ1) is 31.0. The second-order valence-corrected chi connectivity index (χ2v) is 13.5. The maximum Gasteiger partial charge on any atom is 0.253 e. The van der Waals surface area contributed by atoms with Crippen molar-refractivity contribution < 1.29 is 9.59 Å². The fourth-order valence-electron chi connectivity index (χ4n) is 6.59. The van der Waals surface area contributed by atoms with Gasteiger partial charge in [-0.1, -0.05) is 6.92 Å². The van der Waals surface area contributed by atoms with Crippen LogP contribution in [0.5, 0.6) is 0 Å². The normalized spacial score (nSPS) is 17.7. The molecule has 1 aliphatic heterocycles. The molecule has 3 aromatic rings. The molecule has 6 rings (SSSR count). The molecule has 3 fully saturated rings. The van der Waals surface area contributed by atoms with Gasteiger partial charge in [-0.3, -0.25) is 19.3 Å². The van der Waals surface area contributed by atoms with Gasteiger partial charge >= 0.3 is 0 Å². The second kappa shape index (κ2) is 12.4. The van der Waals surface area contributed by atoms with Gasteiger partial charge in [0, 0.05) is 79.0 Å². The van der Waals surface area contributed by atoms with Gasteiger partial charge in [-0.05, 0) is 112 Å². The number of nitrogens with zero attached hydrogens (tertiary/aromatic N) is 3. The van der Waals surface area contributed by atoms with E-state index < -0.39 is 0 Å². The number of pyridine rings is 2. The minimum Gasteiger partial charge on any atom is -0.354 e. The van der Waals surface area contributed by atoms with Crippen molar-refractivity contribution >= 4 is 23.3 Å². The van der Waals surface area contributed by atoms with Crippen LogP contribution in [0, 0.1) is 39.0 Å². The minimum atomic E-state index is -0.323. The number of hydrogen-bond donors (Lipinski definition) is 3. The van der Waals surface area contributed by atoms with Crippen molar-refractivity contribution in [2.24, 2.45) is 11.3 Å². The second-order valence-electron chi connectivity index (χ2n) is 13.5. The Balaban J connectivity index is 1.27. The number of aromatic nitrogens is 2. The van der Waals surface area contributed by atoms with Crippen LogP contribution < -0.4 is 21.1 Å². The van der Waals surface area contributed by atoms with Crippen LogP contribution in [0.1, 0.15) is 77.3 Å². The number of benzene rings is 1. The maximum atomic E-state index is 13.7. The van der Waals surface area contributed by atoms with E-state index in [-0.39, 0.29) is 29.3 Å². The predicted octanol–water partition coefficient (Wildman–Crippen LogP) is 5.26. The number of hydrogen-bond acceptors (Lipinski definition) is 6. The Bertz CT molecular complexity index is 1680. The van der Waals surface area contributed by atoms with E-state index in [1.54, 1.807) is 0 Å². The molecule has 2 aliphatic carbocycles. The standard InChI is InChI=1S/C36H46N6O3/c1-6-36(9-10-36)35(45)40-31-18-27(17-28(25(31)5)33(43)38-20-30-22(2)15-24(4)39-34(30)44)29-19-37-32(16-23(29)3)42-13-11-41(12-14-42)21-26-7-8-26/h15-19,26H,6-14,20-21H2,1-5H3,(H,38,43)(H,39,44)(H,40,45). The van der Waals surface area contributed by atoms with Gasteiger partial charge in [-0.15, -0.1) is 0 Å². The van der Waals surface area contributed by atoms with Gasteiger partial charge in [-0.2, -0.15) is 0 Å². The van der Waals surface area contributed by atoms with Crippen molar-refractivity contribution in [3.05, 3.63) is 74.3 Å². The summed E-state index contributed by atoms with van der Waals surface area (Å²) in [6.45, 7) is 15.1. The van der Waals surface area contributed by atoms with E-state index in [1.807, 2.05) is 52.1 Å². The number of H-pyrrole nitrogens is 1. The molecule has 1 aromatic carbocycles. The van der Waals surface area contributed by atoms with Crippen LogP contribution in [0.4, 0.5) is 11.5 Å². The molecule has 1 saturated heterocycles. The Morgan fingerprint density at radius 3 is 2.36 bits per heavy atom. The summed E-state index contributed by atoms with van der Waals surface area (Å²) in [5.74, 6) is 1.58. The van der Waals surface area contributed by atoms with E-state index in [0.717, 1.165) is 85.1 Å². The van der Waals surface area contributed by atoms with Gasteiger partial charge in [0.2, 0.25) is 5.91 Å². The molecule has 3 aliphatic rings. The molecule has 2 amide bonds. The Hall–Kier alpha value is -3.98. The number of rotatable bonds is 10. The zero-order valence-electron chi connectivity index (χ0n) is 27.3. The molecule has 0 unspecified atom stereocenters. The van der Waals surface area contributed by atoms with Crippen molar-refractivity contribution in [1.29, 1.82) is 0 Å². The smallest absolute Gasteiger partial charge is 0.253 e. The molecule has 0 spiro atoms. The van der Waals surface area contributed by atoms with Gasteiger partial charge in [-0.25, -0.2) is 4.98 Å². The highest BCUT2D eigenvalue weighted by Crippen LogP contribution is 2.49. The highest BCUT2D eigenvalue weighted by molar-refractivity contribution is 6.03. The molecule has 2 aromatic heterocycles. The summed E-state index contributed by atoms with van der Waals surface area (Å²) in [4.78, 5) is 52.2. The lowest BCUT2D eigenvalue weighted by molar-refractivity contribution is -0.121. The monoisotopic (exact) mass is 610 g/mol. The van der Waals surface area contributed by atoms with E-state index in [2.05, 4.69) is 38.4 Å². The van der Waals surface area contributed by atoms with E-state index in [4.69, 9.17) is 4.98 Å². The van der Waals surface area contributed by atoms with Crippen LogP contribution in [-0.4, -0.2) is 59.4 Å². The van der Waals surface area contributed by atoms with Crippen LogP contribution in [0.15, 0.2) is 35.3 Å². The van der Waals surface area contributed by atoms with E-state index in [0.29, 0.717) is 22.4 Å². The molecule has 9 nitrogen and oxygen atoms in total. The number of carbonyl (C=O) groups excluding carboxylic acids is 2. The molecular formula is C36H46N6O3. The number of anilines is 2. The highest BCUT2D eigenvalue weighted by atomic mass is 16.2. The van der Waals surface area contributed by atoms with Gasteiger partial charge in [0.05, 0.1) is 0 Å². The first-order chi connectivity index (χ1) is 21.6. The van der Waals surface area contributed by atoms with Crippen LogP contribution in [-0.2, 0) is 11.3 Å². The molecule has 45 heavy (non-hydrogen) atoms. The van der Waals surface area contributed by atoms with E-state index in [1.165, 1.54) is 19.4 Å². The van der Waals surface area contributed by atoms with Crippen LogP contribution in [0.3, 0.4) is 0 Å². The molecule has 238 valence electrons. The Morgan fingerprint density at radius 2 is 1.73 bits per heavy atom. The number of aromatic amines is 1. The number of amides is 2. The number of aryl methyl sites for hydroxylation is 3. The van der Waals surface area contributed by atoms with E-state index >= 15 is 0 Å². The molecular weight excluding hydrogens is 564 g/mol. The predicted molar refractivity (Wildman–Crippen MR) is 179 cm³/mol. The zero-order chi connectivity index (χ0) is 31.9. The molecule has 0 bridgehead atoms. The summed E-state index contributed by atoms with van der Waals surface area (Å²) in [6.07, 6.45) is 7.19. The Kier molecular flexibility index (Phi) is 8.57. The third-order valence-corrected chi connectivity index (χ3v) is 10.1. The van der Waals surface area contributed by atoms with Gasteiger partial charge < -0.3 is 20.5 Å². The average molecular weight is 611 g/mol. The molecule has 3 N–H and O–H groups in total. The summed E-state index contributed by atoms with van der Waals surface area (Å²) in [6, 6.07) is 7.87. The van der Waals surface area contributed by atoms with Gasteiger partial charge in [0.1, 0.15) is 5.82 Å². The average Bonchev–Trinajstić information content (AvgIpc) is 3.94. The first-order valence-electron chi connectivity index (χ1n) is 16.4. The van der Waals surface area contributed by atoms with Gasteiger partial charge in [0.25, 0.3) is 11.5 Å². The fourth-order valence-corrected chi connectivity index (χ4v) is 6.59. The Labute approximate surface area is 265 Å². The minimum absolute atomic E-state index is 0.00412. The number of piperazine rings is 1. The summed E-state index contributed by atoms with van der Waals surface area (Å²) < 4.78 is 0. The lowest BCUT2D eigenvalue weighted by atomic mass is 9.95. The lowest BCUT2D eigenvalue weighted by Gasteiger charge is -2.35. The summed E-state index contributed by atoms with van der Waals surface area (Å²) in [7, 11) is 0. The molecule has 3 heterocycles. The summed E-state index contributed by atoms with van der Waals surface area (Å²) >= 11 is 0. The van der Waals surface area contributed by atoms with Crippen LogP contribution in [0.2, 0.25) is 0 Å². The summed E-state index contributed by atoms with van der Waals surface area (Å²) in [5, 5.41) is 6.12. The third kappa shape index (κ3) is 6.69. The van der Waals surface area contributed by atoms with Gasteiger partial charge in [0.15, 0.2) is 0 Å². The fraction of sp³-hybridized carbons (Fsp3) is 0.500. The first-order valence-corrected chi connectivity index (χ1v) is 16.4. The SMILES string of the molecule is CCC1(C(=O)Nc2cc(-c3cnc(N4CCN(CC5CC5)CC4)cc3C)cc(C(=O)NCc3c(C)cc(C)[nH]c3=O)c2C)CC1. The number of carbonyl (C=O) groups is 2. The summed E-state index contributed by atoms with van der Waals surface area (Å²) in [5.41, 5.74) is 6.18. The molecule has 0 radical (unpaired) electrons. The molecule has 9 heteroatoms. The van der Waals surface area contributed by atoms with Crippen LogP contribution in [0.25, 0.3) is 11.1 Å². The lowest BCUT2D eigenvalue weighted by Crippen LogP contribution is -2.47. The highest BCUT2D eigenvalue weighted by Gasteiger charge is 2.48. The zero-order valence-corrected chi connectivity index (χ0v) is 27.3. The Morgan fingerprint density at radius 1 is 1.00 bits per heavy atom. The van der Waals surface area contributed by atoms with Crippen LogP contribution >= 0.6 is 0 Å².